The minimum Gasteiger partial charge on any atom is -0.436 e. The Kier molecular flexibility index (Phi) is 4.79. The number of nitrogens with one attached hydrogen (secondary N) is 1. The van der Waals surface area contributed by atoms with E-state index in [0.717, 1.165) is 11.1 Å². The summed E-state index contributed by atoms with van der Waals surface area (Å²) in [6, 6.07) is 16.8. The summed E-state index contributed by atoms with van der Waals surface area (Å²) in [6.45, 7) is 1.99. The van der Waals surface area contributed by atoms with Crippen molar-refractivity contribution in [2.75, 3.05) is 4.72 Å². The van der Waals surface area contributed by atoms with E-state index in [1.54, 1.807) is 18.2 Å². The Bertz CT molecular complexity index is 1300. The number of oxazole rings is 1. The van der Waals surface area contributed by atoms with Crippen molar-refractivity contribution in [3.05, 3.63) is 76.3 Å². The van der Waals surface area contributed by atoms with Crippen molar-refractivity contribution in [2.45, 2.75) is 11.8 Å². The highest BCUT2D eigenvalue weighted by atomic mass is 35.5. The quantitative estimate of drug-likeness (QED) is 0.434. The van der Waals surface area contributed by atoms with Crippen LogP contribution in [-0.4, -0.2) is 13.4 Å². The highest BCUT2D eigenvalue weighted by molar-refractivity contribution is 7.92. The lowest BCUT2D eigenvalue weighted by Gasteiger charge is -2.08. The van der Waals surface area contributed by atoms with Gasteiger partial charge in [0.25, 0.3) is 10.0 Å². The van der Waals surface area contributed by atoms with E-state index in [9.17, 15) is 8.42 Å². The van der Waals surface area contributed by atoms with E-state index in [1.807, 2.05) is 31.2 Å². The van der Waals surface area contributed by atoms with E-state index in [0.29, 0.717) is 22.7 Å². The van der Waals surface area contributed by atoms with E-state index in [-0.39, 0.29) is 14.9 Å². The third-order valence-corrected chi connectivity index (χ3v) is 6.23. The smallest absolute Gasteiger partial charge is 0.261 e. The number of halogens is 2. The van der Waals surface area contributed by atoms with Gasteiger partial charge in [0, 0.05) is 11.6 Å². The molecule has 0 atom stereocenters. The second-order valence-electron chi connectivity index (χ2n) is 6.25. The zero-order valence-corrected chi connectivity index (χ0v) is 16.9. The first kappa shape index (κ1) is 18.8. The number of hydrogen-bond acceptors (Lipinski definition) is 4. The van der Waals surface area contributed by atoms with Gasteiger partial charge in [-0.25, -0.2) is 13.4 Å². The molecule has 1 N–H and O–H groups in total. The first-order valence-electron chi connectivity index (χ1n) is 8.27. The zero-order chi connectivity index (χ0) is 19.9. The monoisotopic (exact) mass is 432 g/mol. The summed E-state index contributed by atoms with van der Waals surface area (Å²) >= 11 is 11.8. The van der Waals surface area contributed by atoms with Crippen molar-refractivity contribution in [1.29, 1.82) is 0 Å². The molecule has 0 saturated carbocycles. The molecule has 0 unspecified atom stereocenters. The summed E-state index contributed by atoms with van der Waals surface area (Å²) in [5.74, 6) is 0.475. The summed E-state index contributed by atoms with van der Waals surface area (Å²) in [5.41, 5.74) is 3.41. The maximum atomic E-state index is 12.6. The van der Waals surface area contributed by atoms with E-state index in [2.05, 4.69) is 9.71 Å². The van der Waals surface area contributed by atoms with E-state index in [4.69, 9.17) is 27.6 Å². The van der Waals surface area contributed by atoms with Crippen molar-refractivity contribution in [3.63, 3.8) is 0 Å². The van der Waals surface area contributed by atoms with Gasteiger partial charge in [0.1, 0.15) is 5.52 Å². The molecule has 0 saturated heterocycles. The lowest BCUT2D eigenvalue weighted by molar-refractivity contribution is 0.601. The van der Waals surface area contributed by atoms with Gasteiger partial charge < -0.3 is 4.42 Å². The van der Waals surface area contributed by atoms with Crippen LogP contribution in [0.25, 0.3) is 22.6 Å². The first-order valence-corrected chi connectivity index (χ1v) is 10.5. The number of aromatic nitrogens is 1. The minimum absolute atomic E-state index is 0.0139. The van der Waals surface area contributed by atoms with Crippen LogP contribution in [0.2, 0.25) is 10.0 Å². The van der Waals surface area contributed by atoms with E-state index >= 15 is 0 Å². The Labute approximate surface area is 172 Å². The topological polar surface area (TPSA) is 72.2 Å². The molecule has 28 heavy (non-hydrogen) atoms. The molecule has 4 rings (SSSR count). The number of rotatable bonds is 4. The molecule has 0 bridgehead atoms. The summed E-state index contributed by atoms with van der Waals surface area (Å²) in [6.07, 6.45) is 0. The molecule has 3 aromatic carbocycles. The predicted octanol–water partition coefficient (Wildman–Crippen LogP) is 5.91. The number of aryl methyl sites for hydroxylation is 1. The van der Waals surface area contributed by atoms with Crippen LogP contribution in [-0.2, 0) is 10.0 Å². The van der Waals surface area contributed by atoms with Gasteiger partial charge in [-0.2, -0.15) is 0 Å². The molecule has 0 amide bonds. The van der Waals surface area contributed by atoms with Gasteiger partial charge >= 0.3 is 0 Å². The van der Waals surface area contributed by atoms with Gasteiger partial charge in [-0.1, -0.05) is 40.9 Å². The van der Waals surface area contributed by atoms with E-state index in [1.165, 1.54) is 18.2 Å². The van der Waals surface area contributed by atoms with Crippen molar-refractivity contribution in [2.24, 2.45) is 0 Å². The number of sulfonamides is 1. The van der Waals surface area contributed by atoms with Crippen molar-refractivity contribution in [1.82, 2.24) is 4.98 Å². The largest absolute Gasteiger partial charge is 0.436 e. The fourth-order valence-electron chi connectivity index (χ4n) is 2.75. The lowest BCUT2D eigenvalue weighted by atomic mass is 10.1. The Balaban J connectivity index is 1.67. The van der Waals surface area contributed by atoms with Crippen LogP contribution in [0.15, 0.2) is 70.0 Å². The number of anilines is 1. The number of nitrogens with zero attached hydrogens (tertiary/aromatic N) is 1. The van der Waals surface area contributed by atoms with Crippen LogP contribution < -0.4 is 4.72 Å². The third kappa shape index (κ3) is 3.71. The maximum absolute atomic E-state index is 12.6. The molecule has 4 aromatic rings. The van der Waals surface area contributed by atoms with Gasteiger partial charge in [0.2, 0.25) is 5.89 Å². The lowest BCUT2D eigenvalue weighted by Crippen LogP contribution is -2.12. The molecule has 1 heterocycles. The molecule has 142 valence electrons. The van der Waals surface area contributed by atoms with Gasteiger partial charge in [0.15, 0.2) is 5.58 Å². The first-order chi connectivity index (χ1) is 13.3. The summed E-state index contributed by atoms with van der Waals surface area (Å²) in [4.78, 5) is 4.48. The Hall–Kier alpha value is -2.54. The number of hydrogen-bond donors (Lipinski definition) is 1. The number of fused-ring (bicyclic) bond motifs is 1. The molecule has 0 aliphatic rings. The minimum atomic E-state index is -3.83. The maximum Gasteiger partial charge on any atom is 0.261 e. The van der Waals surface area contributed by atoms with Gasteiger partial charge in [-0.3, -0.25) is 4.72 Å². The van der Waals surface area contributed by atoms with Crippen LogP contribution in [0, 0.1) is 6.92 Å². The molecule has 0 fully saturated rings. The Morgan fingerprint density at radius 2 is 1.79 bits per heavy atom. The second-order valence-corrected chi connectivity index (χ2v) is 8.75. The Morgan fingerprint density at radius 1 is 0.964 bits per heavy atom. The molecule has 0 radical (unpaired) electrons. The second kappa shape index (κ2) is 7.13. The predicted molar refractivity (Wildman–Crippen MR) is 111 cm³/mol. The van der Waals surface area contributed by atoms with Crippen LogP contribution in [0.3, 0.4) is 0 Å². The van der Waals surface area contributed by atoms with E-state index < -0.39 is 10.0 Å². The highest BCUT2D eigenvalue weighted by Gasteiger charge is 2.17. The fraction of sp³-hybridized carbons (Fsp3) is 0.0500. The average Bonchev–Trinajstić information content (AvgIpc) is 3.07. The highest BCUT2D eigenvalue weighted by Crippen LogP contribution is 2.29. The van der Waals surface area contributed by atoms with Crippen molar-refractivity contribution >= 4 is 50.0 Å². The van der Waals surface area contributed by atoms with Crippen LogP contribution in [0.1, 0.15) is 5.56 Å². The number of benzene rings is 3. The molecule has 0 spiro atoms. The van der Waals surface area contributed by atoms with Crippen molar-refractivity contribution in [3.8, 4) is 11.5 Å². The molecule has 1 aromatic heterocycles. The molecule has 0 aliphatic carbocycles. The standard InChI is InChI=1S/C20H14Cl2N2O3S/c1-12-3-2-4-13(9-12)20-23-18-8-5-14(10-19(18)27-20)24-28(25,26)15-6-7-16(21)17(22)11-15/h2-11,24H,1H3. The summed E-state index contributed by atoms with van der Waals surface area (Å²) in [5, 5.41) is 0.449. The molecular weight excluding hydrogens is 419 g/mol. The third-order valence-electron chi connectivity index (χ3n) is 4.11. The molecular formula is C20H14Cl2N2O3S. The zero-order valence-electron chi connectivity index (χ0n) is 14.6. The average molecular weight is 433 g/mol. The van der Waals surface area contributed by atoms with Gasteiger partial charge in [-0.15, -0.1) is 0 Å². The van der Waals surface area contributed by atoms with Crippen LogP contribution in [0.5, 0.6) is 0 Å². The van der Waals surface area contributed by atoms with Crippen LogP contribution >= 0.6 is 23.2 Å². The van der Waals surface area contributed by atoms with Crippen molar-refractivity contribution < 1.29 is 12.8 Å². The summed E-state index contributed by atoms with van der Waals surface area (Å²) < 4.78 is 33.5. The summed E-state index contributed by atoms with van der Waals surface area (Å²) in [7, 11) is -3.83. The molecule has 5 nitrogen and oxygen atoms in total. The van der Waals surface area contributed by atoms with Crippen LogP contribution in [0.4, 0.5) is 5.69 Å². The Morgan fingerprint density at radius 3 is 2.54 bits per heavy atom. The van der Waals surface area contributed by atoms with Gasteiger partial charge in [-0.05, 0) is 49.4 Å². The molecule has 8 heteroatoms. The normalized spacial score (nSPS) is 11.7. The van der Waals surface area contributed by atoms with Gasteiger partial charge in [0.05, 0.1) is 20.6 Å². The SMILES string of the molecule is Cc1cccc(-c2nc3ccc(NS(=O)(=O)c4ccc(Cl)c(Cl)c4)cc3o2)c1. The fourth-order valence-corrected chi connectivity index (χ4v) is 4.19. The molecule has 0 aliphatic heterocycles.